The Hall–Kier alpha value is -1.55. The van der Waals surface area contributed by atoms with Crippen LogP contribution in [0.5, 0.6) is 0 Å². The van der Waals surface area contributed by atoms with E-state index in [0.717, 1.165) is 39.4 Å². The Morgan fingerprint density at radius 3 is 2.89 bits per heavy atom. The lowest BCUT2D eigenvalue weighted by Crippen LogP contribution is -1.93. The van der Waals surface area contributed by atoms with Crippen LogP contribution in [0.1, 0.15) is 18.4 Å². The Morgan fingerprint density at radius 1 is 1.44 bits per heavy atom. The minimum Gasteiger partial charge on any atom is -0.478 e. The summed E-state index contributed by atoms with van der Waals surface area (Å²) in [7, 11) is 0. The number of hydrogen-bond acceptors (Lipinski definition) is 1. The van der Waals surface area contributed by atoms with Crippen molar-refractivity contribution in [1.29, 1.82) is 0 Å². The van der Waals surface area contributed by atoms with E-state index in [1.807, 2.05) is 24.4 Å². The average molecular weight is 306 g/mol. The smallest absolute Gasteiger partial charge is 0.328 e. The highest BCUT2D eigenvalue weighted by molar-refractivity contribution is 9.10. The summed E-state index contributed by atoms with van der Waals surface area (Å²) in [6.07, 6.45) is 5.42. The van der Waals surface area contributed by atoms with E-state index >= 15 is 0 Å². The van der Waals surface area contributed by atoms with Gasteiger partial charge in [-0.3, -0.25) is 0 Å². The van der Waals surface area contributed by atoms with Crippen LogP contribution in [0.25, 0.3) is 16.5 Å². The van der Waals surface area contributed by atoms with Crippen LogP contribution in [0.2, 0.25) is 0 Å². The van der Waals surface area contributed by atoms with Gasteiger partial charge in [0, 0.05) is 33.2 Å². The van der Waals surface area contributed by atoms with Gasteiger partial charge in [0.2, 0.25) is 0 Å². The molecule has 3 nitrogen and oxygen atoms in total. The largest absolute Gasteiger partial charge is 0.478 e. The van der Waals surface area contributed by atoms with Gasteiger partial charge in [0.25, 0.3) is 0 Å². The molecule has 18 heavy (non-hydrogen) atoms. The van der Waals surface area contributed by atoms with Gasteiger partial charge in [0.1, 0.15) is 0 Å². The first-order chi connectivity index (χ1) is 8.65. The SMILES string of the molecule is O=C(O)/C=C(/c1c[nH]c2ccc(Br)cc12)C1CC1. The van der Waals surface area contributed by atoms with Crippen LogP contribution in [-0.4, -0.2) is 16.1 Å². The minimum atomic E-state index is -0.874. The van der Waals surface area contributed by atoms with Gasteiger partial charge in [-0.2, -0.15) is 0 Å². The highest BCUT2D eigenvalue weighted by Crippen LogP contribution is 2.44. The van der Waals surface area contributed by atoms with Crippen molar-refractivity contribution in [1.82, 2.24) is 4.98 Å². The molecule has 1 aliphatic carbocycles. The number of carboxylic acid groups (broad SMARTS) is 1. The van der Waals surface area contributed by atoms with E-state index in [0.29, 0.717) is 5.92 Å². The number of H-pyrrole nitrogens is 1. The Balaban J connectivity index is 2.17. The number of carbonyl (C=O) groups is 1. The van der Waals surface area contributed by atoms with E-state index in [4.69, 9.17) is 5.11 Å². The number of rotatable bonds is 3. The van der Waals surface area contributed by atoms with Crippen LogP contribution in [0.4, 0.5) is 0 Å². The van der Waals surface area contributed by atoms with Gasteiger partial charge in [-0.05, 0) is 42.5 Å². The summed E-state index contributed by atoms with van der Waals surface area (Å²) in [6.45, 7) is 0. The predicted molar refractivity (Wildman–Crippen MR) is 74.3 cm³/mol. The Labute approximate surface area is 113 Å². The molecule has 1 fully saturated rings. The summed E-state index contributed by atoms with van der Waals surface area (Å²) in [6, 6.07) is 5.99. The van der Waals surface area contributed by atoms with Crippen molar-refractivity contribution in [2.75, 3.05) is 0 Å². The summed E-state index contributed by atoms with van der Waals surface area (Å²) in [5.41, 5.74) is 2.98. The molecular formula is C14H12BrNO2. The summed E-state index contributed by atoms with van der Waals surface area (Å²) in [5, 5.41) is 10.1. The molecule has 0 radical (unpaired) electrons. The molecular weight excluding hydrogens is 294 g/mol. The van der Waals surface area contributed by atoms with Gasteiger partial charge >= 0.3 is 5.97 Å². The van der Waals surface area contributed by atoms with Crippen molar-refractivity contribution >= 4 is 38.4 Å². The first kappa shape index (κ1) is 11.5. The van der Waals surface area contributed by atoms with Crippen molar-refractivity contribution in [3.05, 3.63) is 40.5 Å². The van der Waals surface area contributed by atoms with Crippen LogP contribution < -0.4 is 0 Å². The zero-order valence-electron chi connectivity index (χ0n) is 9.61. The fourth-order valence-corrected chi connectivity index (χ4v) is 2.64. The zero-order valence-corrected chi connectivity index (χ0v) is 11.2. The molecule has 4 heteroatoms. The molecule has 1 aliphatic rings. The standard InChI is InChI=1S/C14H12BrNO2/c15-9-3-4-13-11(5-9)12(7-16-13)10(6-14(17)18)8-1-2-8/h3-8,16H,1-2H2,(H,17,18)/b10-6+. The molecule has 1 aromatic heterocycles. The van der Waals surface area contributed by atoms with Crippen molar-refractivity contribution < 1.29 is 9.90 Å². The first-order valence-electron chi connectivity index (χ1n) is 5.86. The number of allylic oxidation sites excluding steroid dienone is 1. The van der Waals surface area contributed by atoms with Crippen molar-refractivity contribution in [2.45, 2.75) is 12.8 Å². The Morgan fingerprint density at radius 2 is 2.22 bits per heavy atom. The molecule has 1 heterocycles. The van der Waals surface area contributed by atoms with Crippen LogP contribution in [-0.2, 0) is 4.79 Å². The number of aromatic nitrogens is 1. The number of aliphatic carboxylic acids is 1. The van der Waals surface area contributed by atoms with Gasteiger partial charge in [0.15, 0.2) is 0 Å². The summed E-state index contributed by atoms with van der Waals surface area (Å²) >= 11 is 3.45. The fraction of sp³-hybridized carbons (Fsp3) is 0.214. The van der Waals surface area contributed by atoms with Gasteiger partial charge in [-0.1, -0.05) is 15.9 Å². The number of nitrogens with one attached hydrogen (secondary N) is 1. The fourth-order valence-electron chi connectivity index (χ4n) is 2.27. The molecule has 2 N–H and O–H groups in total. The molecule has 0 amide bonds. The molecule has 0 saturated heterocycles. The predicted octanol–water partition coefficient (Wildman–Crippen LogP) is 3.81. The van der Waals surface area contributed by atoms with Crippen molar-refractivity contribution in [2.24, 2.45) is 5.92 Å². The normalized spacial score (nSPS) is 16.2. The topological polar surface area (TPSA) is 53.1 Å². The van der Waals surface area contributed by atoms with E-state index in [1.54, 1.807) is 0 Å². The van der Waals surface area contributed by atoms with E-state index in [1.165, 1.54) is 6.08 Å². The van der Waals surface area contributed by atoms with E-state index in [-0.39, 0.29) is 0 Å². The van der Waals surface area contributed by atoms with Gasteiger partial charge in [-0.25, -0.2) is 4.79 Å². The molecule has 1 aromatic carbocycles. The Bertz CT molecular complexity index is 653. The summed E-state index contributed by atoms with van der Waals surface area (Å²) < 4.78 is 1.00. The number of halogens is 1. The van der Waals surface area contributed by atoms with Gasteiger partial charge in [0.05, 0.1) is 0 Å². The lowest BCUT2D eigenvalue weighted by atomic mass is 10.0. The average Bonchev–Trinajstić information content (AvgIpc) is 3.07. The van der Waals surface area contributed by atoms with E-state index in [9.17, 15) is 4.79 Å². The lowest BCUT2D eigenvalue weighted by molar-refractivity contribution is -0.131. The monoisotopic (exact) mass is 305 g/mol. The molecule has 0 unspecified atom stereocenters. The lowest BCUT2D eigenvalue weighted by Gasteiger charge is -2.03. The second-order valence-corrected chi connectivity index (χ2v) is 5.52. The van der Waals surface area contributed by atoms with Crippen LogP contribution >= 0.6 is 15.9 Å². The first-order valence-corrected chi connectivity index (χ1v) is 6.66. The molecule has 2 aromatic rings. The van der Waals surface area contributed by atoms with E-state index < -0.39 is 5.97 Å². The molecule has 0 atom stereocenters. The zero-order chi connectivity index (χ0) is 12.7. The minimum absolute atomic E-state index is 0.402. The number of hydrogen-bond donors (Lipinski definition) is 2. The maximum absolute atomic E-state index is 10.9. The van der Waals surface area contributed by atoms with Gasteiger partial charge in [-0.15, -0.1) is 0 Å². The third-order valence-electron chi connectivity index (χ3n) is 3.25. The molecule has 0 aliphatic heterocycles. The number of aromatic amines is 1. The van der Waals surface area contributed by atoms with E-state index in [2.05, 4.69) is 20.9 Å². The maximum Gasteiger partial charge on any atom is 0.328 e. The summed E-state index contributed by atoms with van der Waals surface area (Å²) in [4.78, 5) is 14.1. The molecule has 1 saturated carbocycles. The van der Waals surface area contributed by atoms with Crippen LogP contribution in [0.3, 0.4) is 0 Å². The Kier molecular flexibility index (Phi) is 2.74. The highest BCUT2D eigenvalue weighted by Gasteiger charge is 2.29. The molecule has 0 spiro atoms. The number of carboxylic acids is 1. The second kappa shape index (κ2) is 4.28. The number of benzene rings is 1. The molecule has 3 rings (SSSR count). The highest BCUT2D eigenvalue weighted by atomic mass is 79.9. The van der Waals surface area contributed by atoms with Crippen molar-refractivity contribution in [3.8, 4) is 0 Å². The summed E-state index contributed by atoms with van der Waals surface area (Å²) in [5.74, 6) is -0.472. The van der Waals surface area contributed by atoms with Crippen LogP contribution in [0, 0.1) is 5.92 Å². The van der Waals surface area contributed by atoms with Gasteiger partial charge < -0.3 is 10.1 Å². The quantitative estimate of drug-likeness (QED) is 0.847. The van der Waals surface area contributed by atoms with Crippen molar-refractivity contribution in [3.63, 3.8) is 0 Å². The maximum atomic E-state index is 10.9. The molecule has 0 bridgehead atoms. The third-order valence-corrected chi connectivity index (χ3v) is 3.74. The third kappa shape index (κ3) is 2.08. The van der Waals surface area contributed by atoms with Crippen LogP contribution in [0.15, 0.2) is 34.9 Å². The molecule has 92 valence electrons. The second-order valence-electron chi connectivity index (χ2n) is 4.60. The number of fused-ring (bicyclic) bond motifs is 1.